The Morgan fingerprint density at radius 3 is 2.39 bits per heavy atom. The highest BCUT2D eigenvalue weighted by molar-refractivity contribution is 7.80. The summed E-state index contributed by atoms with van der Waals surface area (Å²) in [5.74, 6) is 0. The number of aryl methyl sites for hydroxylation is 1. The lowest BCUT2D eigenvalue weighted by Crippen LogP contribution is -2.29. The molecular formula is C28H25F3N4S. The molecular weight excluding hydrogens is 481 g/mol. The van der Waals surface area contributed by atoms with Crippen molar-refractivity contribution in [3.8, 4) is 5.69 Å². The molecule has 0 aliphatic carbocycles. The minimum atomic E-state index is -4.41. The Bertz CT molecular complexity index is 1380. The normalized spacial score (nSPS) is 17.9. The number of alkyl halides is 3. The van der Waals surface area contributed by atoms with Gasteiger partial charge in [0.15, 0.2) is 5.11 Å². The predicted octanol–water partition coefficient (Wildman–Crippen LogP) is 6.68. The molecule has 0 bridgehead atoms. The molecule has 1 N–H and O–H groups in total. The van der Waals surface area contributed by atoms with Gasteiger partial charge in [-0.3, -0.25) is 4.98 Å². The third kappa shape index (κ3) is 4.48. The Hall–Kier alpha value is -3.65. The first-order valence-electron chi connectivity index (χ1n) is 11.6. The van der Waals surface area contributed by atoms with Crippen LogP contribution in [0.5, 0.6) is 0 Å². The van der Waals surface area contributed by atoms with Crippen LogP contribution in [-0.4, -0.2) is 19.6 Å². The van der Waals surface area contributed by atoms with E-state index in [1.807, 2.05) is 60.9 Å². The molecule has 1 fully saturated rings. The monoisotopic (exact) mass is 506 g/mol. The Kier molecular flexibility index (Phi) is 6.30. The summed E-state index contributed by atoms with van der Waals surface area (Å²) in [7, 11) is 0. The number of aromatic nitrogens is 2. The summed E-state index contributed by atoms with van der Waals surface area (Å²) in [6.07, 6.45) is -2.66. The molecule has 0 radical (unpaired) electrons. The number of rotatable bonds is 5. The van der Waals surface area contributed by atoms with Gasteiger partial charge in [0.05, 0.1) is 23.3 Å². The first-order valence-corrected chi connectivity index (χ1v) is 12.0. The van der Waals surface area contributed by atoms with Crippen LogP contribution in [0.25, 0.3) is 5.69 Å². The summed E-state index contributed by atoms with van der Waals surface area (Å²) in [4.78, 5) is 6.73. The standard InChI is InChI=1S/C28H25F3N4S/c1-18-15-23(19(2)35(18)22-12-8-11-21(16-22)28(29,30)31)26-25(24-13-6-7-14-32-24)33-27(36)34(26)17-20-9-4-3-5-10-20/h3-16,25-26H,17H2,1-2H3,(H,33,36). The van der Waals surface area contributed by atoms with Gasteiger partial charge in [0.1, 0.15) is 0 Å². The summed E-state index contributed by atoms with van der Waals surface area (Å²) in [6.45, 7) is 4.45. The summed E-state index contributed by atoms with van der Waals surface area (Å²) >= 11 is 5.78. The van der Waals surface area contributed by atoms with Gasteiger partial charge < -0.3 is 14.8 Å². The van der Waals surface area contributed by atoms with Crippen LogP contribution in [-0.2, 0) is 12.7 Å². The number of nitrogens with zero attached hydrogens (tertiary/aromatic N) is 3. The maximum absolute atomic E-state index is 13.4. The summed E-state index contributed by atoms with van der Waals surface area (Å²) in [5, 5.41) is 4.06. The fourth-order valence-electron chi connectivity index (χ4n) is 5.00. The van der Waals surface area contributed by atoms with Gasteiger partial charge in [0.2, 0.25) is 0 Å². The van der Waals surface area contributed by atoms with Gasteiger partial charge in [-0.25, -0.2) is 0 Å². The number of halogens is 3. The molecule has 2 atom stereocenters. The van der Waals surface area contributed by atoms with Gasteiger partial charge in [-0.05, 0) is 73.6 Å². The second kappa shape index (κ2) is 9.43. The molecule has 36 heavy (non-hydrogen) atoms. The van der Waals surface area contributed by atoms with Crippen molar-refractivity contribution < 1.29 is 13.2 Å². The zero-order chi connectivity index (χ0) is 25.4. The number of hydrogen-bond acceptors (Lipinski definition) is 2. The number of nitrogens with one attached hydrogen (secondary N) is 1. The molecule has 0 saturated carbocycles. The highest BCUT2D eigenvalue weighted by atomic mass is 32.1. The zero-order valence-electron chi connectivity index (χ0n) is 19.8. The lowest BCUT2D eigenvalue weighted by atomic mass is 9.96. The average molecular weight is 507 g/mol. The molecule has 184 valence electrons. The molecule has 2 unspecified atom stereocenters. The van der Waals surface area contributed by atoms with E-state index >= 15 is 0 Å². The van der Waals surface area contributed by atoms with Crippen molar-refractivity contribution in [3.63, 3.8) is 0 Å². The van der Waals surface area contributed by atoms with Gasteiger partial charge in [0.25, 0.3) is 0 Å². The van der Waals surface area contributed by atoms with Gasteiger partial charge in [-0.2, -0.15) is 13.2 Å². The van der Waals surface area contributed by atoms with Crippen LogP contribution in [0.15, 0.2) is 85.1 Å². The molecule has 0 amide bonds. The largest absolute Gasteiger partial charge is 0.416 e. The Labute approximate surface area is 213 Å². The second-order valence-corrected chi connectivity index (χ2v) is 9.34. The van der Waals surface area contributed by atoms with E-state index in [1.54, 1.807) is 12.3 Å². The molecule has 3 heterocycles. The summed E-state index contributed by atoms with van der Waals surface area (Å²) in [5.41, 5.74) is 4.47. The molecule has 4 nitrogen and oxygen atoms in total. The maximum Gasteiger partial charge on any atom is 0.416 e. The van der Waals surface area contributed by atoms with Gasteiger partial charge >= 0.3 is 6.18 Å². The average Bonchev–Trinajstić information content (AvgIpc) is 3.34. The highest BCUT2D eigenvalue weighted by Gasteiger charge is 2.41. The number of thiocarbonyl (C=S) groups is 1. The van der Waals surface area contributed by atoms with Crippen molar-refractivity contribution in [2.24, 2.45) is 0 Å². The van der Waals surface area contributed by atoms with Crippen LogP contribution in [0.3, 0.4) is 0 Å². The van der Waals surface area contributed by atoms with Gasteiger partial charge in [0, 0.05) is 29.8 Å². The molecule has 1 aliphatic heterocycles. The second-order valence-electron chi connectivity index (χ2n) is 8.95. The molecule has 4 aromatic rings. The Morgan fingerprint density at radius 1 is 0.944 bits per heavy atom. The fourth-order valence-corrected chi connectivity index (χ4v) is 5.31. The molecule has 1 saturated heterocycles. The van der Waals surface area contributed by atoms with Crippen molar-refractivity contribution in [2.75, 3.05) is 0 Å². The van der Waals surface area contributed by atoms with Crippen LogP contribution in [0, 0.1) is 13.8 Å². The topological polar surface area (TPSA) is 33.1 Å². The number of pyridine rings is 1. The Balaban J connectivity index is 1.62. The minimum absolute atomic E-state index is 0.196. The molecule has 0 spiro atoms. The maximum atomic E-state index is 13.4. The Morgan fingerprint density at radius 2 is 1.69 bits per heavy atom. The summed E-state index contributed by atoms with van der Waals surface area (Å²) in [6, 6.07) is 22.9. The van der Waals surface area contributed by atoms with E-state index in [9.17, 15) is 13.2 Å². The van der Waals surface area contributed by atoms with Crippen LogP contribution in [0.4, 0.5) is 13.2 Å². The highest BCUT2D eigenvalue weighted by Crippen LogP contribution is 2.42. The molecule has 8 heteroatoms. The van der Waals surface area contributed by atoms with Crippen molar-refractivity contribution >= 4 is 17.3 Å². The smallest absolute Gasteiger partial charge is 0.352 e. The van der Waals surface area contributed by atoms with E-state index in [2.05, 4.69) is 27.3 Å². The molecule has 1 aliphatic rings. The molecule has 5 rings (SSSR count). The fraction of sp³-hybridized carbons (Fsp3) is 0.214. The minimum Gasteiger partial charge on any atom is -0.352 e. The van der Waals surface area contributed by atoms with Gasteiger partial charge in [-0.15, -0.1) is 0 Å². The van der Waals surface area contributed by atoms with Crippen molar-refractivity contribution in [2.45, 2.75) is 38.7 Å². The lowest BCUT2D eigenvalue weighted by Gasteiger charge is -2.28. The van der Waals surface area contributed by atoms with E-state index in [-0.39, 0.29) is 12.1 Å². The molecule has 2 aromatic heterocycles. The zero-order valence-corrected chi connectivity index (χ0v) is 20.6. The first kappa shape index (κ1) is 24.1. The van der Waals surface area contributed by atoms with Gasteiger partial charge in [-0.1, -0.05) is 42.5 Å². The number of hydrogen-bond donors (Lipinski definition) is 1. The van der Waals surface area contributed by atoms with Crippen molar-refractivity contribution in [3.05, 3.63) is 119 Å². The van der Waals surface area contributed by atoms with E-state index < -0.39 is 11.7 Å². The first-order chi connectivity index (χ1) is 17.2. The van der Waals surface area contributed by atoms with E-state index in [0.29, 0.717) is 17.3 Å². The van der Waals surface area contributed by atoms with Crippen LogP contribution in [0.2, 0.25) is 0 Å². The van der Waals surface area contributed by atoms with E-state index in [0.717, 1.165) is 34.3 Å². The van der Waals surface area contributed by atoms with Crippen molar-refractivity contribution in [1.82, 2.24) is 19.8 Å². The summed E-state index contributed by atoms with van der Waals surface area (Å²) < 4.78 is 42.2. The predicted molar refractivity (Wildman–Crippen MR) is 138 cm³/mol. The molecule has 2 aromatic carbocycles. The quantitative estimate of drug-likeness (QED) is 0.306. The SMILES string of the molecule is Cc1cc(C2C(c3ccccn3)NC(=S)N2Cc2ccccc2)c(C)n1-c1cccc(C(F)(F)F)c1. The third-order valence-corrected chi connectivity index (χ3v) is 6.97. The van der Waals surface area contributed by atoms with E-state index in [1.165, 1.54) is 12.1 Å². The van der Waals surface area contributed by atoms with Crippen LogP contribution < -0.4 is 5.32 Å². The van der Waals surface area contributed by atoms with Crippen LogP contribution >= 0.6 is 12.2 Å². The van der Waals surface area contributed by atoms with Crippen LogP contribution in [0.1, 0.15) is 45.9 Å². The third-order valence-electron chi connectivity index (χ3n) is 6.61. The van der Waals surface area contributed by atoms with E-state index in [4.69, 9.17) is 12.2 Å². The lowest BCUT2D eigenvalue weighted by molar-refractivity contribution is -0.137. The number of benzene rings is 2. The van der Waals surface area contributed by atoms with Crippen molar-refractivity contribution in [1.29, 1.82) is 0 Å².